The quantitative estimate of drug-likeness (QED) is 0.463. The Labute approximate surface area is 175 Å². The molecule has 0 aliphatic heterocycles. The summed E-state index contributed by atoms with van der Waals surface area (Å²) >= 11 is 6.07. The van der Waals surface area contributed by atoms with Gasteiger partial charge in [-0.2, -0.15) is 18.6 Å². The molecule has 3 aromatic rings. The molecule has 2 aromatic heterocycles. The third-order valence-electron chi connectivity index (χ3n) is 3.87. The molecule has 0 saturated carbocycles. The van der Waals surface area contributed by atoms with Gasteiger partial charge in [-0.3, -0.25) is 0 Å². The van der Waals surface area contributed by atoms with Gasteiger partial charge in [0.15, 0.2) is 11.6 Å². The molecule has 0 radical (unpaired) electrons. The normalized spacial score (nSPS) is 13.2. The average molecular weight is 435 g/mol. The van der Waals surface area contributed by atoms with Crippen molar-refractivity contribution in [2.24, 2.45) is 9.98 Å². The Morgan fingerprint density at radius 1 is 1.30 bits per heavy atom. The summed E-state index contributed by atoms with van der Waals surface area (Å²) in [7, 11) is 0. The van der Waals surface area contributed by atoms with E-state index in [0.29, 0.717) is 17.0 Å². The summed E-state index contributed by atoms with van der Waals surface area (Å²) in [5, 5.41) is 7.90. The summed E-state index contributed by atoms with van der Waals surface area (Å²) in [6, 6.07) is 2.40. The van der Waals surface area contributed by atoms with Gasteiger partial charge in [0.1, 0.15) is 24.0 Å². The average Bonchev–Trinajstić information content (AvgIpc) is 3.18. The Kier molecular flexibility index (Phi) is 6.62. The Hall–Kier alpha value is -3.47. The van der Waals surface area contributed by atoms with Crippen LogP contribution in [-0.4, -0.2) is 44.0 Å². The van der Waals surface area contributed by atoms with Gasteiger partial charge in [-0.05, 0) is 26.6 Å². The van der Waals surface area contributed by atoms with Gasteiger partial charge < -0.3 is 10.1 Å². The van der Waals surface area contributed by atoms with Crippen LogP contribution in [0.1, 0.15) is 25.7 Å². The number of allylic oxidation sites excluding steroid dienone is 1. The number of nitrogens with one attached hydrogen (secondary N) is 1. The summed E-state index contributed by atoms with van der Waals surface area (Å²) in [6.45, 7) is 4.11. The van der Waals surface area contributed by atoms with Crippen molar-refractivity contribution in [1.82, 2.24) is 24.7 Å². The molecule has 0 bridgehead atoms. The summed E-state index contributed by atoms with van der Waals surface area (Å²) in [6.07, 6.45) is 5.88. The fourth-order valence-electron chi connectivity index (χ4n) is 2.68. The molecule has 0 aliphatic rings. The third kappa shape index (κ3) is 4.57. The van der Waals surface area contributed by atoms with Gasteiger partial charge >= 0.3 is 6.61 Å². The largest absolute Gasteiger partial charge is 0.432 e. The number of benzene rings is 1. The molecule has 0 spiro atoms. The van der Waals surface area contributed by atoms with Gasteiger partial charge in [0.05, 0.1) is 6.04 Å². The number of fused-ring (bicyclic) bond motifs is 1. The van der Waals surface area contributed by atoms with E-state index in [-0.39, 0.29) is 22.2 Å². The first-order valence-corrected chi connectivity index (χ1v) is 9.04. The molecule has 1 unspecified atom stereocenters. The second-order valence-corrected chi connectivity index (χ2v) is 6.30. The molecule has 30 heavy (non-hydrogen) atoms. The first-order valence-electron chi connectivity index (χ1n) is 8.66. The molecule has 12 heteroatoms. The van der Waals surface area contributed by atoms with Gasteiger partial charge in [-0.15, -0.1) is 0 Å². The summed E-state index contributed by atoms with van der Waals surface area (Å²) < 4.78 is 31.5. The van der Waals surface area contributed by atoms with E-state index in [0.717, 1.165) is 0 Å². The zero-order valence-corrected chi connectivity index (χ0v) is 16.8. The summed E-state index contributed by atoms with van der Waals surface area (Å²) in [4.78, 5) is 20.5. The van der Waals surface area contributed by atoms with Gasteiger partial charge in [0, 0.05) is 22.7 Å². The van der Waals surface area contributed by atoms with Crippen molar-refractivity contribution < 1.29 is 13.5 Å². The van der Waals surface area contributed by atoms with Crippen LogP contribution >= 0.6 is 11.6 Å². The maximum absolute atomic E-state index is 12.7. The first kappa shape index (κ1) is 21.2. The molecule has 0 fully saturated rings. The highest BCUT2D eigenvalue weighted by Gasteiger charge is 2.19. The number of aromatic nitrogens is 5. The van der Waals surface area contributed by atoms with Crippen molar-refractivity contribution in [2.75, 3.05) is 5.32 Å². The highest BCUT2D eigenvalue weighted by molar-refractivity contribution is 6.31. The molecule has 3 rings (SSSR count). The molecule has 1 atom stereocenters. The minimum absolute atomic E-state index is 0.148. The number of aliphatic imine (C=N–C) groups is 2. The Morgan fingerprint density at radius 3 is 2.80 bits per heavy atom. The van der Waals surface area contributed by atoms with E-state index < -0.39 is 12.7 Å². The first-order chi connectivity index (χ1) is 14.4. The monoisotopic (exact) mass is 434 g/mol. The Balaban J connectivity index is 1.99. The lowest BCUT2D eigenvalue weighted by Crippen LogP contribution is -2.20. The zero-order valence-electron chi connectivity index (χ0n) is 16.0. The van der Waals surface area contributed by atoms with Crippen molar-refractivity contribution in [1.29, 1.82) is 0 Å². The lowest BCUT2D eigenvalue weighted by atomic mass is 10.2. The SMILES string of the molecule is C=NC(=N/C=C\C)n1ncnc1C(C)Nc1ncnc2c(OC(F)F)cc(Cl)cc12. The number of alkyl halides is 2. The molecular weight excluding hydrogens is 418 g/mol. The highest BCUT2D eigenvalue weighted by Crippen LogP contribution is 2.33. The van der Waals surface area contributed by atoms with Crippen molar-refractivity contribution >= 4 is 41.0 Å². The number of rotatable bonds is 6. The fourth-order valence-corrected chi connectivity index (χ4v) is 2.88. The van der Waals surface area contributed by atoms with E-state index in [1.165, 1.54) is 23.4 Å². The van der Waals surface area contributed by atoms with Gasteiger partial charge in [0.25, 0.3) is 5.96 Å². The molecule has 9 nitrogen and oxygen atoms in total. The van der Waals surface area contributed by atoms with E-state index in [2.05, 4.69) is 46.8 Å². The number of anilines is 1. The van der Waals surface area contributed by atoms with Crippen molar-refractivity contribution in [3.05, 3.63) is 47.9 Å². The van der Waals surface area contributed by atoms with Gasteiger partial charge in [0.2, 0.25) is 0 Å². The van der Waals surface area contributed by atoms with Gasteiger partial charge in [-0.1, -0.05) is 17.7 Å². The van der Waals surface area contributed by atoms with E-state index >= 15 is 0 Å². The smallest absolute Gasteiger partial charge is 0.387 e. The molecule has 0 saturated heterocycles. The standard InChI is InChI=1S/C18H17ClF2N8O/c1-4-5-23-18(22-3)29-16(26-9-27-29)10(2)28-15-12-6-11(19)7-13(30-17(20)21)14(12)24-8-25-15/h4-10,17H,3H2,1-2H3,(H,24,25,28)/b5-4-,23-18?. The molecule has 0 aliphatic carbocycles. The number of hydrogen-bond acceptors (Lipinski definition) is 7. The molecule has 156 valence electrons. The number of halogens is 3. The fraction of sp³-hybridized carbons (Fsp3) is 0.222. The van der Waals surface area contributed by atoms with Crippen LogP contribution in [0.3, 0.4) is 0 Å². The second kappa shape index (κ2) is 9.35. The molecule has 0 amide bonds. The van der Waals surface area contributed by atoms with Crippen LogP contribution in [-0.2, 0) is 0 Å². The molecule has 1 N–H and O–H groups in total. The lowest BCUT2D eigenvalue weighted by molar-refractivity contribution is -0.0489. The maximum atomic E-state index is 12.7. The maximum Gasteiger partial charge on any atom is 0.387 e. The van der Waals surface area contributed by atoms with Crippen LogP contribution in [0.2, 0.25) is 5.02 Å². The van der Waals surface area contributed by atoms with Crippen molar-refractivity contribution in [3.63, 3.8) is 0 Å². The summed E-state index contributed by atoms with van der Waals surface area (Å²) in [5.74, 6) is 0.911. The van der Waals surface area contributed by atoms with E-state index in [9.17, 15) is 8.78 Å². The van der Waals surface area contributed by atoms with Crippen LogP contribution in [0.5, 0.6) is 5.75 Å². The van der Waals surface area contributed by atoms with Crippen LogP contribution in [0.25, 0.3) is 10.9 Å². The minimum atomic E-state index is -3.02. The van der Waals surface area contributed by atoms with E-state index in [1.807, 2.05) is 13.8 Å². The van der Waals surface area contributed by atoms with Crippen molar-refractivity contribution in [2.45, 2.75) is 26.5 Å². The van der Waals surface area contributed by atoms with Crippen LogP contribution < -0.4 is 10.1 Å². The molecule has 1 aromatic carbocycles. The zero-order chi connectivity index (χ0) is 21.7. The minimum Gasteiger partial charge on any atom is -0.432 e. The van der Waals surface area contributed by atoms with E-state index in [1.54, 1.807) is 18.3 Å². The number of ether oxygens (including phenoxy) is 1. The number of nitrogens with zero attached hydrogens (tertiary/aromatic N) is 7. The van der Waals surface area contributed by atoms with Crippen LogP contribution in [0.4, 0.5) is 14.6 Å². The predicted molar refractivity (Wildman–Crippen MR) is 110 cm³/mol. The summed E-state index contributed by atoms with van der Waals surface area (Å²) in [5.41, 5.74) is 0.189. The van der Waals surface area contributed by atoms with E-state index in [4.69, 9.17) is 11.6 Å². The molecular formula is C18H17ClF2N8O. The number of hydrogen-bond donors (Lipinski definition) is 1. The van der Waals surface area contributed by atoms with Crippen molar-refractivity contribution in [3.8, 4) is 5.75 Å². The second-order valence-electron chi connectivity index (χ2n) is 5.87. The van der Waals surface area contributed by atoms with Crippen LogP contribution in [0, 0.1) is 0 Å². The third-order valence-corrected chi connectivity index (χ3v) is 4.09. The van der Waals surface area contributed by atoms with Crippen LogP contribution in [0.15, 0.2) is 47.0 Å². The predicted octanol–water partition coefficient (Wildman–Crippen LogP) is 4.09. The topological polar surface area (TPSA) is 102 Å². The highest BCUT2D eigenvalue weighted by atomic mass is 35.5. The van der Waals surface area contributed by atoms with Gasteiger partial charge in [-0.25, -0.2) is 24.9 Å². The Bertz CT molecular complexity index is 1110. The Morgan fingerprint density at radius 2 is 2.10 bits per heavy atom. The molecule has 2 heterocycles. The lowest BCUT2D eigenvalue weighted by Gasteiger charge is -2.16.